The van der Waals surface area contributed by atoms with Crippen molar-refractivity contribution >= 4 is 23.4 Å². The van der Waals surface area contributed by atoms with Gasteiger partial charge < -0.3 is 0 Å². The van der Waals surface area contributed by atoms with Crippen LogP contribution in [-0.2, 0) is 9.59 Å². The molecule has 0 spiro atoms. The number of carbonyl (C=O) groups is 2. The number of hydrogen-bond donors (Lipinski definition) is 0. The van der Waals surface area contributed by atoms with Gasteiger partial charge in [0.15, 0.2) is 0 Å². The van der Waals surface area contributed by atoms with Crippen molar-refractivity contribution in [1.82, 2.24) is 4.90 Å². The molecule has 2 rings (SSSR count). The fourth-order valence-electron chi connectivity index (χ4n) is 1.92. The van der Waals surface area contributed by atoms with Gasteiger partial charge in [-0.15, -0.1) is 0 Å². The Morgan fingerprint density at radius 3 is 2.41 bits per heavy atom. The van der Waals surface area contributed by atoms with Crippen LogP contribution in [0, 0.1) is 5.92 Å². The van der Waals surface area contributed by atoms with Crippen LogP contribution in [0.5, 0.6) is 0 Å². The second kappa shape index (κ2) is 4.49. The van der Waals surface area contributed by atoms with Crippen molar-refractivity contribution in [2.75, 3.05) is 0 Å². The van der Waals surface area contributed by atoms with Gasteiger partial charge in [0.25, 0.3) is 0 Å². The highest BCUT2D eigenvalue weighted by Crippen LogP contribution is 2.35. The molecule has 0 radical (unpaired) electrons. The van der Waals surface area contributed by atoms with Gasteiger partial charge in [0, 0.05) is 10.9 Å². The average Bonchev–Trinajstić information content (AvgIpc) is 2.27. The molecular weight excluding hydrogens is 238 g/mol. The van der Waals surface area contributed by atoms with E-state index in [2.05, 4.69) is 0 Å². The van der Waals surface area contributed by atoms with Gasteiger partial charge in [-0.2, -0.15) is 0 Å². The zero-order valence-electron chi connectivity index (χ0n) is 9.81. The molecule has 1 aromatic carbocycles. The molecule has 2 amide bonds. The molecule has 0 unspecified atom stereocenters. The Morgan fingerprint density at radius 2 is 1.94 bits per heavy atom. The van der Waals surface area contributed by atoms with Crippen LogP contribution in [0.3, 0.4) is 0 Å². The number of amides is 2. The smallest absolute Gasteiger partial charge is 0.232 e. The zero-order valence-corrected chi connectivity index (χ0v) is 10.6. The molecule has 17 heavy (non-hydrogen) atoms. The normalized spacial score (nSPS) is 19.4. The van der Waals surface area contributed by atoms with Gasteiger partial charge in [-0.3, -0.25) is 14.5 Å². The fraction of sp³-hybridized carbons (Fsp3) is 0.385. The first-order valence-electron chi connectivity index (χ1n) is 5.62. The minimum atomic E-state index is -0.158. The van der Waals surface area contributed by atoms with Crippen LogP contribution in [-0.4, -0.2) is 16.7 Å². The molecule has 1 atom stereocenters. The molecule has 1 heterocycles. The number of hydrogen-bond acceptors (Lipinski definition) is 2. The van der Waals surface area contributed by atoms with Crippen LogP contribution in [0.15, 0.2) is 24.3 Å². The maximum atomic E-state index is 11.9. The second-order valence-electron chi connectivity index (χ2n) is 4.53. The van der Waals surface area contributed by atoms with Crippen LogP contribution in [0.1, 0.15) is 31.9 Å². The summed E-state index contributed by atoms with van der Waals surface area (Å²) in [4.78, 5) is 24.7. The summed E-state index contributed by atoms with van der Waals surface area (Å²) in [6, 6.07) is 7.16. The first-order valence-corrected chi connectivity index (χ1v) is 6.00. The van der Waals surface area contributed by atoms with Gasteiger partial charge in [0.1, 0.15) is 0 Å². The lowest BCUT2D eigenvalue weighted by Crippen LogP contribution is -2.51. The average molecular weight is 252 g/mol. The van der Waals surface area contributed by atoms with Crippen molar-refractivity contribution in [2.24, 2.45) is 5.92 Å². The Morgan fingerprint density at radius 1 is 1.35 bits per heavy atom. The zero-order chi connectivity index (χ0) is 12.6. The Bertz CT molecular complexity index is 453. The van der Waals surface area contributed by atoms with Crippen LogP contribution in [0.2, 0.25) is 5.02 Å². The molecule has 90 valence electrons. The van der Waals surface area contributed by atoms with E-state index in [1.807, 2.05) is 12.1 Å². The van der Waals surface area contributed by atoms with E-state index in [1.165, 1.54) is 4.90 Å². The molecule has 1 fully saturated rings. The fourth-order valence-corrected chi connectivity index (χ4v) is 2.05. The molecule has 3 nitrogen and oxygen atoms in total. The summed E-state index contributed by atoms with van der Waals surface area (Å²) >= 11 is 5.81. The molecule has 1 aliphatic heterocycles. The summed E-state index contributed by atoms with van der Waals surface area (Å²) in [5, 5.41) is 0.654. The number of rotatable bonds is 2. The molecule has 1 aliphatic rings. The Kier molecular flexibility index (Phi) is 3.20. The van der Waals surface area contributed by atoms with Gasteiger partial charge in [-0.25, -0.2) is 0 Å². The van der Waals surface area contributed by atoms with Crippen molar-refractivity contribution < 1.29 is 9.59 Å². The van der Waals surface area contributed by atoms with E-state index in [9.17, 15) is 9.59 Å². The van der Waals surface area contributed by atoms with Gasteiger partial charge in [-0.05, 0) is 17.7 Å². The lowest BCUT2D eigenvalue weighted by atomic mass is 9.92. The van der Waals surface area contributed by atoms with E-state index in [1.54, 1.807) is 26.0 Å². The van der Waals surface area contributed by atoms with Crippen LogP contribution in [0.25, 0.3) is 0 Å². The minimum Gasteiger partial charge on any atom is -0.274 e. The molecule has 0 N–H and O–H groups in total. The second-order valence-corrected chi connectivity index (χ2v) is 4.96. The molecule has 0 aromatic heterocycles. The number of nitrogens with zero attached hydrogens (tertiary/aromatic N) is 1. The standard InChI is InChI=1S/C13H14ClNO2/c1-8(2)13(17)15-11(7-12(15)16)9-3-5-10(14)6-4-9/h3-6,8,11H,7H2,1-2H3/t11-/m1/s1. The summed E-state index contributed by atoms with van der Waals surface area (Å²) in [6.45, 7) is 3.60. The Hall–Kier alpha value is -1.35. The minimum absolute atomic E-state index is 0.0938. The van der Waals surface area contributed by atoms with Crippen LogP contribution < -0.4 is 0 Å². The lowest BCUT2D eigenvalue weighted by Gasteiger charge is -2.40. The van der Waals surface area contributed by atoms with E-state index in [0.717, 1.165) is 5.56 Å². The van der Waals surface area contributed by atoms with Crippen molar-refractivity contribution in [2.45, 2.75) is 26.3 Å². The number of imide groups is 1. The lowest BCUT2D eigenvalue weighted by molar-refractivity contribution is -0.160. The Labute approximate surface area is 105 Å². The largest absolute Gasteiger partial charge is 0.274 e. The predicted molar refractivity (Wildman–Crippen MR) is 65.5 cm³/mol. The summed E-state index contributed by atoms with van der Waals surface area (Å²) in [6.07, 6.45) is 0.403. The third-order valence-corrected chi connectivity index (χ3v) is 3.19. The van der Waals surface area contributed by atoms with Crippen molar-refractivity contribution in [3.63, 3.8) is 0 Å². The number of carbonyl (C=O) groups excluding carboxylic acids is 2. The van der Waals surface area contributed by atoms with E-state index >= 15 is 0 Å². The first kappa shape index (κ1) is 12.1. The maximum absolute atomic E-state index is 11.9. The number of β-lactam (4-membered cyclic amide) rings is 1. The topological polar surface area (TPSA) is 37.4 Å². The molecule has 0 aliphatic carbocycles. The van der Waals surface area contributed by atoms with E-state index < -0.39 is 0 Å². The van der Waals surface area contributed by atoms with Crippen molar-refractivity contribution in [3.8, 4) is 0 Å². The quantitative estimate of drug-likeness (QED) is 0.758. The van der Waals surface area contributed by atoms with Crippen molar-refractivity contribution in [1.29, 1.82) is 0 Å². The van der Waals surface area contributed by atoms with E-state index in [0.29, 0.717) is 11.4 Å². The van der Waals surface area contributed by atoms with Gasteiger partial charge in [0.2, 0.25) is 11.8 Å². The monoisotopic (exact) mass is 251 g/mol. The van der Waals surface area contributed by atoms with Crippen LogP contribution >= 0.6 is 11.6 Å². The maximum Gasteiger partial charge on any atom is 0.232 e. The van der Waals surface area contributed by atoms with Crippen molar-refractivity contribution in [3.05, 3.63) is 34.9 Å². The molecule has 1 aromatic rings. The molecule has 1 saturated heterocycles. The summed E-state index contributed by atoms with van der Waals surface area (Å²) in [7, 11) is 0. The van der Waals surface area contributed by atoms with Gasteiger partial charge in [-0.1, -0.05) is 37.6 Å². The third-order valence-electron chi connectivity index (χ3n) is 2.93. The number of benzene rings is 1. The summed E-state index contributed by atoms with van der Waals surface area (Å²) in [5.74, 6) is -0.362. The molecular formula is C13H14ClNO2. The van der Waals surface area contributed by atoms with Crippen LogP contribution in [0.4, 0.5) is 0 Å². The van der Waals surface area contributed by atoms with Gasteiger partial charge in [0.05, 0.1) is 12.5 Å². The highest BCUT2D eigenvalue weighted by Gasteiger charge is 2.42. The molecule has 0 bridgehead atoms. The predicted octanol–water partition coefficient (Wildman–Crippen LogP) is 2.80. The summed E-state index contributed by atoms with van der Waals surface area (Å²) in [5.41, 5.74) is 0.961. The third kappa shape index (κ3) is 2.20. The van der Waals surface area contributed by atoms with E-state index in [4.69, 9.17) is 11.6 Å². The molecule has 4 heteroatoms. The number of halogens is 1. The van der Waals surface area contributed by atoms with Gasteiger partial charge >= 0.3 is 0 Å². The highest BCUT2D eigenvalue weighted by atomic mass is 35.5. The van der Waals surface area contributed by atoms with E-state index in [-0.39, 0.29) is 23.8 Å². The highest BCUT2D eigenvalue weighted by molar-refractivity contribution is 6.30. The summed E-state index contributed by atoms with van der Waals surface area (Å²) < 4.78 is 0. The number of likely N-dealkylation sites (tertiary alicyclic amines) is 1. The molecule has 0 saturated carbocycles. The first-order chi connectivity index (χ1) is 8.00. The SMILES string of the molecule is CC(C)C(=O)N1C(=O)C[C@@H]1c1ccc(Cl)cc1. The Balaban J connectivity index is 2.20.